The molecule has 0 spiro atoms. The third-order valence-electron chi connectivity index (χ3n) is 4.33. The quantitative estimate of drug-likeness (QED) is 0.849. The molecule has 4 nitrogen and oxygen atoms in total. The van der Waals surface area contributed by atoms with Crippen molar-refractivity contribution in [1.82, 2.24) is 5.32 Å². The number of carbonyl (C=O) groups is 1. The molecule has 0 aliphatic carbocycles. The van der Waals surface area contributed by atoms with Gasteiger partial charge in [-0.15, -0.1) is 0 Å². The molecule has 1 amide bonds. The lowest BCUT2D eigenvalue weighted by molar-refractivity contribution is -0.127. The molecule has 1 N–H and O–H groups in total. The smallest absolute Gasteiger partial charge is 0.261 e. The van der Waals surface area contributed by atoms with E-state index in [1.165, 1.54) is 5.56 Å². The first-order valence-corrected chi connectivity index (χ1v) is 8.69. The molecule has 3 rings (SSSR count). The Labute approximate surface area is 149 Å². The molecule has 0 saturated carbocycles. The zero-order chi connectivity index (χ0) is 17.9. The van der Waals surface area contributed by atoms with Gasteiger partial charge in [0, 0.05) is 6.42 Å². The summed E-state index contributed by atoms with van der Waals surface area (Å²) < 4.78 is 11.4. The molecule has 1 aliphatic heterocycles. The van der Waals surface area contributed by atoms with Crippen molar-refractivity contribution in [2.45, 2.75) is 38.7 Å². The molecule has 0 saturated heterocycles. The zero-order valence-electron chi connectivity index (χ0n) is 15.0. The number of hydrogen-bond acceptors (Lipinski definition) is 3. The van der Waals surface area contributed by atoms with Crippen LogP contribution in [0.1, 0.15) is 31.9 Å². The predicted molar refractivity (Wildman–Crippen MR) is 98.2 cm³/mol. The average molecular weight is 339 g/mol. The van der Waals surface area contributed by atoms with Crippen LogP contribution < -0.4 is 14.8 Å². The van der Waals surface area contributed by atoms with Gasteiger partial charge in [0.1, 0.15) is 18.1 Å². The standard InChI is InChI=1S/C21H25NO3/c1-21(2,3)16-8-10-17(11-9-16)24-13-12-22-20(23)19-14-15-6-4-5-7-18(15)25-19/h4-11,19H,12-14H2,1-3H3,(H,22,23). The summed E-state index contributed by atoms with van der Waals surface area (Å²) in [5.41, 5.74) is 2.48. The Bertz CT molecular complexity index is 707. The van der Waals surface area contributed by atoms with Gasteiger partial charge in [0.05, 0.1) is 6.54 Å². The van der Waals surface area contributed by atoms with Crippen LogP contribution in [0, 0.1) is 0 Å². The molecule has 4 heteroatoms. The molecular weight excluding hydrogens is 314 g/mol. The molecule has 1 unspecified atom stereocenters. The van der Waals surface area contributed by atoms with Gasteiger partial charge in [-0.3, -0.25) is 4.79 Å². The zero-order valence-corrected chi connectivity index (χ0v) is 15.0. The van der Waals surface area contributed by atoms with Gasteiger partial charge >= 0.3 is 0 Å². The number of nitrogens with one attached hydrogen (secondary N) is 1. The van der Waals surface area contributed by atoms with Crippen LogP contribution in [0.4, 0.5) is 0 Å². The SMILES string of the molecule is CC(C)(C)c1ccc(OCCNC(=O)C2Cc3ccccc3O2)cc1. The molecule has 2 aromatic rings. The monoisotopic (exact) mass is 339 g/mol. The first kappa shape index (κ1) is 17.3. The summed E-state index contributed by atoms with van der Waals surface area (Å²) in [7, 11) is 0. The number of amides is 1. The Morgan fingerprint density at radius 3 is 2.56 bits per heavy atom. The first-order valence-electron chi connectivity index (χ1n) is 8.69. The Morgan fingerprint density at radius 1 is 1.16 bits per heavy atom. The van der Waals surface area contributed by atoms with E-state index in [1.807, 2.05) is 36.4 Å². The average Bonchev–Trinajstić information content (AvgIpc) is 3.02. The Kier molecular flexibility index (Phi) is 4.98. The third-order valence-corrected chi connectivity index (χ3v) is 4.33. The van der Waals surface area contributed by atoms with E-state index in [0.29, 0.717) is 19.6 Å². The number of ether oxygens (including phenoxy) is 2. The number of fused-ring (bicyclic) bond motifs is 1. The molecule has 25 heavy (non-hydrogen) atoms. The van der Waals surface area contributed by atoms with Gasteiger partial charge in [-0.25, -0.2) is 0 Å². The fraction of sp³-hybridized carbons (Fsp3) is 0.381. The van der Waals surface area contributed by atoms with Crippen LogP contribution in [0.15, 0.2) is 48.5 Å². The van der Waals surface area contributed by atoms with E-state index in [0.717, 1.165) is 17.1 Å². The fourth-order valence-electron chi connectivity index (χ4n) is 2.84. The summed E-state index contributed by atoms with van der Waals surface area (Å²) in [4.78, 5) is 12.2. The molecule has 0 bridgehead atoms. The summed E-state index contributed by atoms with van der Waals surface area (Å²) >= 11 is 0. The van der Waals surface area contributed by atoms with Crippen LogP contribution >= 0.6 is 0 Å². The highest BCUT2D eigenvalue weighted by Gasteiger charge is 2.28. The summed E-state index contributed by atoms with van der Waals surface area (Å²) in [6.07, 6.45) is 0.181. The van der Waals surface area contributed by atoms with Crippen LogP contribution in [0.3, 0.4) is 0 Å². The lowest BCUT2D eigenvalue weighted by Gasteiger charge is -2.19. The van der Waals surface area contributed by atoms with Gasteiger partial charge in [0.25, 0.3) is 5.91 Å². The van der Waals surface area contributed by atoms with Gasteiger partial charge in [0.15, 0.2) is 6.10 Å². The van der Waals surface area contributed by atoms with Crippen molar-refractivity contribution in [1.29, 1.82) is 0 Å². The molecule has 2 aromatic carbocycles. The molecule has 1 aliphatic rings. The van der Waals surface area contributed by atoms with Crippen LogP contribution in [-0.4, -0.2) is 25.2 Å². The lowest BCUT2D eigenvalue weighted by Crippen LogP contribution is -2.39. The van der Waals surface area contributed by atoms with Crippen LogP contribution in [0.25, 0.3) is 0 Å². The van der Waals surface area contributed by atoms with Gasteiger partial charge in [-0.2, -0.15) is 0 Å². The van der Waals surface area contributed by atoms with Gasteiger partial charge in [0.2, 0.25) is 0 Å². The largest absolute Gasteiger partial charge is 0.492 e. The van der Waals surface area contributed by atoms with Crippen molar-refractivity contribution in [3.8, 4) is 11.5 Å². The summed E-state index contributed by atoms with van der Waals surface area (Å²) in [5, 5.41) is 2.88. The van der Waals surface area contributed by atoms with Crippen molar-refractivity contribution in [3.63, 3.8) is 0 Å². The maximum absolute atomic E-state index is 12.2. The van der Waals surface area contributed by atoms with E-state index in [2.05, 4.69) is 38.2 Å². The molecule has 0 fully saturated rings. The molecule has 1 heterocycles. The van der Waals surface area contributed by atoms with Crippen molar-refractivity contribution in [3.05, 3.63) is 59.7 Å². The van der Waals surface area contributed by atoms with E-state index < -0.39 is 6.10 Å². The normalized spacial score (nSPS) is 16.0. The number of hydrogen-bond donors (Lipinski definition) is 1. The topological polar surface area (TPSA) is 47.6 Å². The molecule has 1 atom stereocenters. The predicted octanol–water partition coefficient (Wildman–Crippen LogP) is 3.48. The number of benzene rings is 2. The Hall–Kier alpha value is -2.49. The minimum Gasteiger partial charge on any atom is -0.492 e. The number of carbonyl (C=O) groups excluding carboxylic acids is 1. The number of para-hydroxylation sites is 1. The Balaban J connectivity index is 1.41. The first-order chi connectivity index (χ1) is 11.9. The summed E-state index contributed by atoms with van der Waals surface area (Å²) in [6, 6.07) is 15.9. The van der Waals surface area contributed by atoms with Gasteiger partial charge in [-0.1, -0.05) is 51.1 Å². The second kappa shape index (κ2) is 7.18. The van der Waals surface area contributed by atoms with Crippen LogP contribution in [0.2, 0.25) is 0 Å². The Morgan fingerprint density at radius 2 is 1.88 bits per heavy atom. The van der Waals surface area contributed by atoms with E-state index >= 15 is 0 Å². The number of rotatable bonds is 5. The lowest BCUT2D eigenvalue weighted by atomic mass is 9.87. The highest BCUT2D eigenvalue weighted by atomic mass is 16.5. The summed E-state index contributed by atoms with van der Waals surface area (Å²) in [6.45, 7) is 7.43. The van der Waals surface area contributed by atoms with E-state index in [1.54, 1.807) is 0 Å². The van der Waals surface area contributed by atoms with Crippen molar-refractivity contribution in [2.24, 2.45) is 0 Å². The molecule has 0 aromatic heterocycles. The molecular formula is C21H25NO3. The maximum atomic E-state index is 12.2. The van der Waals surface area contributed by atoms with Crippen molar-refractivity contribution in [2.75, 3.05) is 13.2 Å². The molecule has 0 radical (unpaired) electrons. The maximum Gasteiger partial charge on any atom is 0.261 e. The van der Waals surface area contributed by atoms with Gasteiger partial charge in [-0.05, 0) is 34.7 Å². The van der Waals surface area contributed by atoms with E-state index in [-0.39, 0.29) is 11.3 Å². The second-order valence-electron chi connectivity index (χ2n) is 7.33. The van der Waals surface area contributed by atoms with Crippen LogP contribution in [0.5, 0.6) is 11.5 Å². The summed E-state index contributed by atoms with van der Waals surface area (Å²) in [5.74, 6) is 1.52. The minimum absolute atomic E-state index is 0.0946. The third kappa shape index (κ3) is 4.32. The van der Waals surface area contributed by atoms with Crippen molar-refractivity contribution < 1.29 is 14.3 Å². The highest BCUT2D eigenvalue weighted by Crippen LogP contribution is 2.28. The second-order valence-corrected chi connectivity index (χ2v) is 7.33. The van der Waals surface area contributed by atoms with Gasteiger partial charge < -0.3 is 14.8 Å². The minimum atomic E-state index is -0.441. The fourth-order valence-corrected chi connectivity index (χ4v) is 2.84. The van der Waals surface area contributed by atoms with E-state index in [9.17, 15) is 4.79 Å². The van der Waals surface area contributed by atoms with Crippen molar-refractivity contribution >= 4 is 5.91 Å². The molecule has 132 valence electrons. The van der Waals surface area contributed by atoms with E-state index in [4.69, 9.17) is 9.47 Å². The van der Waals surface area contributed by atoms with Crippen LogP contribution in [-0.2, 0) is 16.6 Å². The highest BCUT2D eigenvalue weighted by molar-refractivity contribution is 5.82.